The lowest BCUT2D eigenvalue weighted by atomic mass is 9.73. The number of carbonyl (C=O) groups excluding carboxylic acids is 1. The van der Waals surface area contributed by atoms with Crippen molar-refractivity contribution < 1.29 is 13.7 Å². The fraction of sp³-hybridized carbons (Fsp3) is 0.467. The van der Waals surface area contributed by atoms with Crippen LogP contribution in [0.4, 0.5) is 5.82 Å². The molecule has 1 unspecified atom stereocenters. The van der Waals surface area contributed by atoms with Crippen LogP contribution >= 0.6 is 23.4 Å². The highest BCUT2D eigenvalue weighted by atomic mass is 35.5. The minimum absolute atomic E-state index is 0.00872. The number of rotatable bonds is 8. The molecule has 3 atom stereocenters. The number of piperidine rings is 1. The molecule has 2 aromatic heterocycles. The molecule has 0 radical (unpaired) electrons. The summed E-state index contributed by atoms with van der Waals surface area (Å²) >= 11 is 7.93. The third-order valence-electron chi connectivity index (χ3n) is 7.83. The van der Waals surface area contributed by atoms with Crippen molar-refractivity contribution in [2.45, 2.75) is 73.9 Å². The summed E-state index contributed by atoms with van der Waals surface area (Å²) in [7, 11) is -1.16. The maximum atomic E-state index is 12.9. The van der Waals surface area contributed by atoms with Crippen LogP contribution in [0.3, 0.4) is 0 Å². The molecule has 0 aliphatic carbocycles. The summed E-state index contributed by atoms with van der Waals surface area (Å²) < 4.78 is 22.0. The Kier molecular flexibility index (Phi) is 9.53. The summed E-state index contributed by atoms with van der Waals surface area (Å²) in [5.41, 5.74) is 1.11. The smallest absolute Gasteiger partial charge is 0.271 e. The molecule has 0 saturated carbocycles. The highest BCUT2D eigenvalue weighted by molar-refractivity contribution is 7.99. The average molecular weight is 629 g/mol. The highest BCUT2D eigenvalue weighted by Gasteiger charge is 2.50. The predicted octanol–water partition coefficient (Wildman–Crippen LogP) is 5.03. The van der Waals surface area contributed by atoms with E-state index in [1.165, 1.54) is 11.8 Å². The summed E-state index contributed by atoms with van der Waals surface area (Å²) in [6, 6.07) is 11.5. The molecule has 3 aromatic rings. The number of hydrogen-bond donors (Lipinski definition) is 2. The van der Waals surface area contributed by atoms with Gasteiger partial charge in [0.15, 0.2) is 0 Å². The first kappa shape index (κ1) is 30.9. The largest absolute Gasteiger partial charge is 0.376 e. The average Bonchev–Trinajstić information content (AvgIpc) is 3.27. The summed E-state index contributed by atoms with van der Waals surface area (Å²) in [6.45, 7) is 10.7. The topological polar surface area (TPSA) is 109 Å². The van der Waals surface area contributed by atoms with E-state index >= 15 is 0 Å². The summed E-state index contributed by atoms with van der Waals surface area (Å²) in [4.78, 5) is 29.2. The van der Waals surface area contributed by atoms with Crippen LogP contribution in [0.1, 0.15) is 56.6 Å². The van der Waals surface area contributed by atoms with Gasteiger partial charge in [0.25, 0.3) is 5.91 Å². The van der Waals surface area contributed by atoms with Gasteiger partial charge in [-0.05, 0) is 52.2 Å². The molecule has 5 rings (SSSR count). The second kappa shape index (κ2) is 13.0. The summed E-state index contributed by atoms with van der Waals surface area (Å²) in [5, 5.41) is 3.82. The Balaban J connectivity index is 1.19. The molecule has 2 saturated heterocycles. The molecular formula is C30H37ClN6O3S2. The van der Waals surface area contributed by atoms with Crippen LogP contribution in [-0.4, -0.2) is 61.7 Å². The Morgan fingerprint density at radius 2 is 1.88 bits per heavy atom. The third kappa shape index (κ3) is 6.97. The zero-order chi connectivity index (χ0) is 29.9. The van der Waals surface area contributed by atoms with E-state index in [1.54, 1.807) is 24.7 Å². The van der Waals surface area contributed by atoms with Crippen LogP contribution < -0.4 is 14.9 Å². The van der Waals surface area contributed by atoms with Crippen molar-refractivity contribution in [1.82, 2.24) is 25.0 Å². The Morgan fingerprint density at radius 3 is 2.55 bits per heavy atom. The van der Waals surface area contributed by atoms with E-state index in [2.05, 4.69) is 36.8 Å². The fourth-order valence-electron chi connectivity index (χ4n) is 5.29. The molecule has 224 valence electrons. The van der Waals surface area contributed by atoms with Crippen molar-refractivity contribution in [2.75, 3.05) is 24.6 Å². The first-order chi connectivity index (χ1) is 20.1. The molecule has 9 nitrogen and oxygen atoms in total. The van der Waals surface area contributed by atoms with E-state index in [4.69, 9.17) is 16.3 Å². The summed E-state index contributed by atoms with van der Waals surface area (Å²) in [5.74, 6) is 0.477. The normalized spacial score (nSPS) is 20.9. The molecule has 1 spiro atoms. The number of benzene rings is 1. The van der Waals surface area contributed by atoms with Crippen LogP contribution in [0.5, 0.6) is 0 Å². The molecule has 12 heteroatoms. The maximum absolute atomic E-state index is 12.9. The van der Waals surface area contributed by atoms with E-state index in [9.17, 15) is 9.00 Å². The van der Waals surface area contributed by atoms with Gasteiger partial charge in [0, 0.05) is 36.1 Å². The van der Waals surface area contributed by atoms with Crippen LogP contribution in [0.2, 0.25) is 5.02 Å². The van der Waals surface area contributed by atoms with Gasteiger partial charge in [-0.3, -0.25) is 4.79 Å². The Hall–Kier alpha value is -2.57. The van der Waals surface area contributed by atoms with Crippen LogP contribution in [0.25, 0.3) is 0 Å². The lowest BCUT2D eigenvalue weighted by Crippen LogP contribution is -2.55. The highest BCUT2D eigenvalue weighted by Crippen LogP contribution is 2.43. The first-order valence-electron chi connectivity index (χ1n) is 14.1. The van der Waals surface area contributed by atoms with E-state index < -0.39 is 11.0 Å². The number of hydrogen-bond acceptors (Lipinski definition) is 8. The lowest BCUT2D eigenvalue weighted by Gasteiger charge is -2.43. The third-order valence-corrected chi connectivity index (χ3v) is 10.9. The van der Waals surface area contributed by atoms with Crippen molar-refractivity contribution in [1.29, 1.82) is 0 Å². The van der Waals surface area contributed by atoms with Gasteiger partial charge in [-0.1, -0.05) is 53.7 Å². The van der Waals surface area contributed by atoms with Gasteiger partial charge in [-0.2, -0.15) is 0 Å². The minimum atomic E-state index is -1.16. The minimum Gasteiger partial charge on any atom is -0.376 e. The van der Waals surface area contributed by atoms with E-state index in [-0.39, 0.29) is 38.9 Å². The zero-order valence-electron chi connectivity index (χ0n) is 24.3. The number of halogens is 1. The van der Waals surface area contributed by atoms with Gasteiger partial charge < -0.3 is 15.0 Å². The van der Waals surface area contributed by atoms with Gasteiger partial charge >= 0.3 is 0 Å². The van der Waals surface area contributed by atoms with Gasteiger partial charge in [0.05, 0.1) is 51.9 Å². The monoisotopic (exact) mass is 628 g/mol. The fourth-order valence-corrected chi connectivity index (χ4v) is 7.38. The Morgan fingerprint density at radius 1 is 1.14 bits per heavy atom. The summed E-state index contributed by atoms with van der Waals surface area (Å²) in [6.07, 6.45) is 6.92. The number of nitrogens with zero attached hydrogens (tertiary/aromatic N) is 4. The van der Waals surface area contributed by atoms with Crippen molar-refractivity contribution in [2.24, 2.45) is 5.41 Å². The number of nitrogens with one attached hydrogen (secondary N) is 2. The second-order valence-corrected chi connectivity index (χ2v) is 15.2. The predicted molar refractivity (Wildman–Crippen MR) is 167 cm³/mol. The zero-order valence-corrected chi connectivity index (χ0v) is 26.7. The Labute approximate surface area is 259 Å². The molecule has 1 aromatic carbocycles. The van der Waals surface area contributed by atoms with E-state index in [1.807, 2.05) is 51.1 Å². The van der Waals surface area contributed by atoms with E-state index in [0.717, 1.165) is 37.3 Å². The molecular weight excluding hydrogens is 592 g/mol. The van der Waals surface area contributed by atoms with Crippen molar-refractivity contribution in [3.05, 3.63) is 71.3 Å². The molecule has 2 aliphatic heterocycles. The molecule has 4 heterocycles. The second-order valence-electron chi connectivity index (χ2n) is 11.8. The maximum Gasteiger partial charge on any atom is 0.271 e. The van der Waals surface area contributed by atoms with E-state index in [0.29, 0.717) is 23.1 Å². The molecule has 0 bridgehead atoms. The first-order valence-corrected chi connectivity index (χ1v) is 16.4. The van der Waals surface area contributed by atoms with Crippen LogP contribution in [0.15, 0.2) is 64.9 Å². The van der Waals surface area contributed by atoms with Crippen LogP contribution in [-0.2, 0) is 22.3 Å². The number of aromatic nitrogens is 3. The molecule has 2 N–H and O–H groups in total. The SMILES string of the molecule is C[C@@H]1OCC2(CCN(c3cnc(Sc4ccnc(C(=O)NCc5ccccc5)c4Cl)cn3)CC2)[C@@H]1NS(=O)C(C)(C)C. The van der Waals surface area contributed by atoms with Crippen molar-refractivity contribution in [3.63, 3.8) is 0 Å². The number of anilines is 1. The quantitative estimate of drug-likeness (QED) is 0.358. The Bertz CT molecular complexity index is 1410. The number of ether oxygens (including phenoxy) is 1. The standard InChI is InChI=1S/C30H37ClN6O3S2/c1-20-27(36-42(39)29(2,3)4)30(19-40-20)11-14-37(15-12-30)23-17-34-24(18-33-23)41-22-10-13-32-26(25(22)31)28(38)35-16-21-8-6-5-7-9-21/h5-10,13,17-18,20,27,36H,11-12,14-16,19H2,1-4H3,(H,35,38)/t20-,27+,42?/m0/s1. The van der Waals surface area contributed by atoms with Crippen LogP contribution in [0, 0.1) is 5.41 Å². The lowest BCUT2D eigenvalue weighted by molar-refractivity contribution is 0.0945. The van der Waals surface area contributed by atoms with Gasteiger partial charge in [-0.25, -0.2) is 23.9 Å². The number of amides is 1. The van der Waals surface area contributed by atoms with Gasteiger partial charge in [0.2, 0.25) is 0 Å². The molecule has 2 fully saturated rings. The molecule has 1 amide bonds. The number of carbonyl (C=O) groups is 1. The number of pyridine rings is 1. The van der Waals surface area contributed by atoms with Gasteiger partial charge in [0.1, 0.15) is 16.5 Å². The van der Waals surface area contributed by atoms with Crippen molar-refractivity contribution in [3.8, 4) is 0 Å². The molecule has 2 aliphatic rings. The van der Waals surface area contributed by atoms with Gasteiger partial charge in [-0.15, -0.1) is 0 Å². The van der Waals surface area contributed by atoms with Crippen molar-refractivity contribution >= 4 is 46.1 Å². The molecule has 42 heavy (non-hydrogen) atoms.